The van der Waals surface area contributed by atoms with E-state index in [1.807, 2.05) is 18.2 Å². The fourth-order valence-corrected chi connectivity index (χ4v) is 8.18. The van der Waals surface area contributed by atoms with Gasteiger partial charge >= 0.3 is 5.97 Å². The first-order valence-electron chi connectivity index (χ1n) is 13.6. The largest absolute Gasteiger partial charge is 0.478 e. The summed E-state index contributed by atoms with van der Waals surface area (Å²) in [6.07, 6.45) is 6.35. The van der Waals surface area contributed by atoms with Gasteiger partial charge in [-0.15, -0.1) is 0 Å². The molecule has 3 N–H and O–H groups in total. The monoisotopic (exact) mass is 510 g/mol. The number of carbonyl (C=O) groups excluding carboxylic acids is 1. The van der Waals surface area contributed by atoms with Gasteiger partial charge in [-0.3, -0.25) is 4.79 Å². The van der Waals surface area contributed by atoms with Crippen molar-refractivity contribution in [2.75, 3.05) is 10.6 Å². The molecule has 0 spiro atoms. The SMILES string of the molecule is CC1CC2(C)CC(C)(C1)CC(C)(c1ccc(NC(=O)c3cccc(Nc4ccccc4C(=O)O)c3)cc1)C2. The first-order chi connectivity index (χ1) is 18.0. The molecule has 5 heteroatoms. The molecule has 0 saturated heterocycles. The molecule has 0 aromatic heterocycles. The molecule has 2 aliphatic rings. The van der Waals surface area contributed by atoms with Crippen LogP contribution in [0.15, 0.2) is 72.8 Å². The van der Waals surface area contributed by atoms with Crippen molar-refractivity contribution >= 4 is 28.9 Å². The Morgan fingerprint density at radius 2 is 1.47 bits per heavy atom. The van der Waals surface area contributed by atoms with Gasteiger partial charge in [0.05, 0.1) is 11.3 Å². The number of hydrogen-bond acceptors (Lipinski definition) is 3. The Balaban J connectivity index is 1.29. The molecule has 5 nitrogen and oxygen atoms in total. The lowest BCUT2D eigenvalue weighted by Crippen LogP contribution is -2.49. The summed E-state index contributed by atoms with van der Waals surface area (Å²) in [5.41, 5.74) is 4.82. The van der Waals surface area contributed by atoms with Crippen LogP contribution in [0.2, 0.25) is 0 Å². The average molecular weight is 511 g/mol. The topological polar surface area (TPSA) is 78.4 Å². The second kappa shape index (κ2) is 9.61. The minimum absolute atomic E-state index is 0.136. The molecule has 2 bridgehead atoms. The van der Waals surface area contributed by atoms with Gasteiger partial charge in [-0.25, -0.2) is 4.79 Å². The average Bonchev–Trinajstić information content (AvgIpc) is 2.82. The van der Waals surface area contributed by atoms with Gasteiger partial charge in [0.1, 0.15) is 0 Å². The van der Waals surface area contributed by atoms with Gasteiger partial charge in [-0.05, 0) is 102 Å². The van der Waals surface area contributed by atoms with E-state index in [1.54, 1.807) is 42.5 Å². The molecule has 0 radical (unpaired) electrons. The number of carbonyl (C=O) groups is 2. The van der Waals surface area contributed by atoms with E-state index in [1.165, 1.54) is 37.7 Å². The summed E-state index contributed by atoms with van der Waals surface area (Å²) >= 11 is 0. The zero-order valence-electron chi connectivity index (χ0n) is 22.8. The Kier molecular flexibility index (Phi) is 6.58. The van der Waals surface area contributed by atoms with Crippen molar-refractivity contribution in [3.8, 4) is 0 Å². The molecule has 198 valence electrons. The van der Waals surface area contributed by atoms with Crippen LogP contribution in [-0.4, -0.2) is 17.0 Å². The lowest BCUT2D eigenvalue weighted by Gasteiger charge is -2.58. The third-order valence-electron chi connectivity index (χ3n) is 8.57. The summed E-state index contributed by atoms with van der Waals surface area (Å²) in [5.74, 6) is -0.421. The Bertz CT molecular complexity index is 1340. The van der Waals surface area contributed by atoms with Crippen molar-refractivity contribution in [2.45, 2.75) is 65.2 Å². The van der Waals surface area contributed by atoms with E-state index in [9.17, 15) is 14.7 Å². The summed E-state index contributed by atoms with van der Waals surface area (Å²) in [4.78, 5) is 24.6. The third kappa shape index (κ3) is 5.33. The molecule has 38 heavy (non-hydrogen) atoms. The Labute approximate surface area is 225 Å². The second-order valence-corrected chi connectivity index (χ2v) is 12.8. The number of anilines is 3. The number of carboxylic acid groups (broad SMARTS) is 1. The van der Waals surface area contributed by atoms with Gasteiger partial charge in [0.2, 0.25) is 0 Å². The fraction of sp³-hybridized carbons (Fsp3) is 0.394. The Morgan fingerprint density at radius 1 is 0.816 bits per heavy atom. The smallest absolute Gasteiger partial charge is 0.337 e. The number of nitrogens with one attached hydrogen (secondary N) is 2. The van der Waals surface area contributed by atoms with E-state index in [0.717, 1.165) is 11.6 Å². The highest BCUT2D eigenvalue weighted by atomic mass is 16.4. The van der Waals surface area contributed by atoms with Gasteiger partial charge in [-0.2, -0.15) is 0 Å². The van der Waals surface area contributed by atoms with Crippen LogP contribution in [0.25, 0.3) is 0 Å². The van der Waals surface area contributed by atoms with Crippen LogP contribution < -0.4 is 10.6 Å². The zero-order chi connectivity index (χ0) is 27.1. The lowest BCUT2D eigenvalue weighted by atomic mass is 9.47. The molecule has 3 aromatic carbocycles. The number of para-hydroxylation sites is 1. The number of fused-ring (bicyclic) bond motifs is 2. The summed E-state index contributed by atoms with van der Waals surface area (Å²) in [7, 11) is 0. The summed E-state index contributed by atoms with van der Waals surface area (Å²) in [6.45, 7) is 9.80. The van der Waals surface area contributed by atoms with Crippen LogP contribution in [0.5, 0.6) is 0 Å². The van der Waals surface area contributed by atoms with Crippen LogP contribution in [-0.2, 0) is 5.41 Å². The highest BCUT2D eigenvalue weighted by Crippen LogP contribution is 2.62. The molecule has 2 aliphatic carbocycles. The minimum atomic E-state index is -1.01. The summed E-state index contributed by atoms with van der Waals surface area (Å²) in [5, 5.41) is 15.6. The van der Waals surface area contributed by atoms with E-state index in [0.29, 0.717) is 27.8 Å². The highest BCUT2D eigenvalue weighted by Gasteiger charge is 2.52. The standard InChI is InChI=1S/C33H38N2O3/c1-22-17-31(2)19-32(3,18-22)21-33(4,20-31)24-12-14-25(15-13-24)35-29(36)23-8-7-9-26(16-23)34-28-11-6-5-10-27(28)30(37)38/h5-16,22,34H,17-21H2,1-4H3,(H,35,36)(H,37,38). The summed E-state index contributed by atoms with van der Waals surface area (Å²) < 4.78 is 0. The third-order valence-corrected chi connectivity index (χ3v) is 8.57. The van der Waals surface area contributed by atoms with Crippen molar-refractivity contribution in [3.05, 3.63) is 89.5 Å². The van der Waals surface area contributed by atoms with Crippen LogP contribution in [0.4, 0.5) is 17.1 Å². The van der Waals surface area contributed by atoms with E-state index in [2.05, 4.69) is 50.5 Å². The van der Waals surface area contributed by atoms with Crippen molar-refractivity contribution in [1.29, 1.82) is 0 Å². The molecule has 3 aromatic rings. The van der Waals surface area contributed by atoms with E-state index in [-0.39, 0.29) is 16.9 Å². The van der Waals surface area contributed by atoms with E-state index < -0.39 is 5.97 Å². The molecule has 1 amide bonds. The molecule has 2 saturated carbocycles. The molecular weight excluding hydrogens is 472 g/mol. The molecule has 2 fully saturated rings. The number of aromatic carboxylic acids is 1. The molecule has 5 rings (SSSR count). The highest BCUT2D eigenvalue weighted by molar-refractivity contribution is 6.05. The Hall–Kier alpha value is -3.60. The predicted molar refractivity (Wildman–Crippen MR) is 153 cm³/mol. The van der Waals surface area contributed by atoms with Crippen molar-refractivity contribution < 1.29 is 14.7 Å². The summed E-state index contributed by atoms with van der Waals surface area (Å²) in [6, 6.07) is 22.2. The number of benzene rings is 3. The second-order valence-electron chi connectivity index (χ2n) is 12.8. The Morgan fingerprint density at radius 3 is 2.13 bits per heavy atom. The molecule has 2 unspecified atom stereocenters. The van der Waals surface area contributed by atoms with E-state index in [4.69, 9.17) is 0 Å². The van der Waals surface area contributed by atoms with Gasteiger partial charge in [-0.1, -0.05) is 58.0 Å². The van der Waals surface area contributed by atoms with Crippen molar-refractivity contribution in [3.63, 3.8) is 0 Å². The number of carboxylic acids is 1. The first kappa shape index (κ1) is 26.0. The van der Waals surface area contributed by atoms with Gasteiger partial charge < -0.3 is 15.7 Å². The van der Waals surface area contributed by atoms with Crippen LogP contribution in [0.3, 0.4) is 0 Å². The normalized spacial score (nSPS) is 28.4. The molecule has 0 aliphatic heterocycles. The fourth-order valence-electron chi connectivity index (χ4n) is 8.18. The quantitative estimate of drug-likeness (QED) is 0.312. The lowest BCUT2D eigenvalue weighted by molar-refractivity contribution is -0.0413. The zero-order valence-corrected chi connectivity index (χ0v) is 22.8. The van der Waals surface area contributed by atoms with E-state index >= 15 is 0 Å². The molecule has 2 atom stereocenters. The van der Waals surface area contributed by atoms with Crippen molar-refractivity contribution in [1.82, 2.24) is 0 Å². The number of amides is 1. The molecule has 0 heterocycles. The number of hydrogen-bond donors (Lipinski definition) is 3. The van der Waals surface area contributed by atoms with Crippen LogP contribution >= 0.6 is 0 Å². The van der Waals surface area contributed by atoms with Gasteiger partial charge in [0.15, 0.2) is 0 Å². The van der Waals surface area contributed by atoms with Gasteiger partial charge in [0, 0.05) is 16.9 Å². The van der Waals surface area contributed by atoms with Crippen molar-refractivity contribution in [2.24, 2.45) is 16.7 Å². The minimum Gasteiger partial charge on any atom is -0.478 e. The van der Waals surface area contributed by atoms with Gasteiger partial charge in [0.25, 0.3) is 5.91 Å². The van der Waals surface area contributed by atoms with Crippen LogP contribution in [0.1, 0.15) is 86.1 Å². The van der Waals surface area contributed by atoms with Crippen LogP contribution in [0, 0.1) is 16.7 Å². The first-order valence-corrected chi connectivity index (χ1v) is 13.6. The maximum absolute atomic E-state index is 13.1. The predicted octanol–water partition coefficient (Wildman–Crippen LogP) is 8.26. The molecular formula is C33H38N2O3. The number of rotatable bonds is 6. The maximum atomic E-state index is 13.1. The maximum Gasteiger partial charge on any atom is 0.337 e.